The number of hydrogen-bond donors (Lipinski definition) is 0. The van der Waals surface area contributed by atoms with Crippen LogP contribution in [0.2, 0.25) is 0 Å². The minimum absolute atomic E-state index is 1.06. The third-order valence-corrected chi connectivity index (χ3v) is 14.7. The molecule has 0 aliphatic rings. The topological polar surface area (TPSA) is 16.1 Å². The molecule has 0 unspecified atom stereocenters. The highest BCUT2D eigenvalue weighted by Crippen LogP contribution is 2.45. The third-order valence-electron chi connectivity index (χ3n) is 11.3. The molecule has 0 spiro atoms. The monoisotopic (exact) mass is 792 g/mol. The quantitative estimate of drug-likeness (QED) is 0.167. The number of rotatable bonds is 6. The van der Waals surface area contributed by atoms with Gasteiger partial charge >= 0.3 is 0 Å². The van der Waals surface area contributed by atoms with E-state index in [2.05, 4.69) is 199 Å². The van der Waals surface area contributed by atoms with Crippen LogP contribution in [0.5, 0.6) is 0 Å². The molecule has 0 saturated carbocycles. The number of thiazole rings is 1. The van der Waals surface area contributed by atoms with Crippen molar-refractivity contribution >= 4 is 112 Å². The van der Waals surface area contributed by atoms with Crippen molar-refractivity contribution in [3.8, 4) is 32.8 Å². The minimum atomic E-state index is 1.06. The van der Waals surface area contributed by atoms with Gasteiger partial charge in [0.15, 0.2) is 0 Å². The van der Waals surface area contributed by atoms with Crippen LogP contribution >= 0.6 is 34.0 Å². The van der Waals surface area contributed by atoms with Crippen molar-refractivity contribution in [2.45, 2.75) is 0 Å². The molecule has 0 atom stereocenters. The van der Waals surface area contributed by atoms with Crippen molar-refractivity contribution in [1.29, 1.82) is 0 Å². The first-order valence-electron chi connectivity index (χ1n) is 19.4. The lowest BCUT2D eigenvalue weighted by atomic mass is 9.98. The summed E-state index contributed by atoms with van der Waals surface area (Å²) in [5, 5.41) is 8.81. The largest absolute Gasteiger partial charge is 0.310 e. The Morgan fingerprint density at radius 1 is 0.362 bits per heavy atom. The maximum Gasteiger partial charge on any atom is 0.124 e. The minimum Gasteiger partial charge on any atom is -0.310 e. The van der Waals surface area contributed by atoms with Gasteiger partial charge in [-0.15, -0.1) is 34.0 Å². The van der Waals surface area contributed by atoms with Gasteiger partial charge in [-0.2, -0.15) is 0 Å². The normalized spacial score (nSPS) is 11.8. The van der Waals surface area contributed by atoms with E-state index < -0.39 is 0 Å². The van der Waals surface area contributed by atoms with Gasteiger partial charge in [0, 0.05) is 63.0 Å². The van der Waals surface area contributed by atoms with Crippen LogP contribution in [0.25, 0.3) is 94.2 Å². The highest BCUT2D eigenvalue weighted by Gasteiger charge is 2.18. The highest BCUT2D eigenvalue weighted by molar-refractivity contribution is 7.28. The Morgan fingerprint density at radius 3 is 1.84 bits per heavy atom. The molecule has 12 aromatic rings. The third kappa shape index (κ3) is 5.54. The first-order chi connectivity index (χ1) is 28.7. The zero-order chi connectivity index (χ0) is 38.2. The van der Waals surface area contributed by atoms with Crippen LogP contribution in [0, 0.1) is 0 Å². The number of anilines is 3. The van der Waals surface area contributed by atoms with Crippen molar-refractivity contribution in [2.24, 2.45) is 0 Å². The predicted molar refractivity (Wildman–Crippen MR) is 254 cm³/mol. The Balaban J connectivity index is 0.932. The Bertz CT molecular complexity index is 3500. The van der Waals surface area contributed by atoms with Crippen molar-refractivity contribution in [2.75, 3.05) is 4.90 Å². The van der Waals surface area contributed by atoms with Gasteiger partial charge in [0.05, 0.1) is 10.2 Å². The Labute approximate surface area is 347 Å². The number of aromatic nitrogens is 1. The van der Waals surface area contributed by atoms with Crippen LogP contribution < -0.4 is 4.90 Å². The highest BCUT2D eigenvalue weighted by atomic mass is 32.1. The molecule has 0 bridgehead atoms. The van der Waals surface area contributed by atoms with Gasteiger partial charge < -0.3 is 4.90 Å². The molecule has 58 heavy (non-hydrogen) atoms. The molecular formula is C53H32N2S3. The number of thiophene rings is 2. The zero-order valence-electron chi connectivity index (χ0n) is 31.1. The van der Waals surface area contributed by atoms with Crippen LogP contribution in [-0.4, -0.2) is 4.98 Å². The van der Waals surface area contributed by atoms with Gasteiger partial charge in [-0.05, 0) is 93.7 Å². The van der Waals surface area contributed by atoms with E-state index in [9.17, 15) is 0 Å². The predicted octanol–water partition coefficient (Wildman–Crippen LogP) is 16.7. The fourth-order valence-electron chi connectivity index (χ4n) is 8.50. The first-order valence-corrected chi connectivity index (χ1v) is 21.9. The maximum atomic E-state index is 5.02. The molecule has 3 heterocycles. The van der Waals surface area contributed by atoms with Gasteiger partial charge in [0.25, 0.3) is 0 Å². The molecule has 272 valence electrons. The van der Waals surface area contributed by atoms with Crippen LogP contribution in [0.4, 0.5) is 17.1 Å². The van der Waals surface area contributed by atoms with Crippen LogP contribution in [-0.2, 0) is 0 Å². The summed E-state index contributed by atoms with van der Waals surface area (Å²) in [6.07, 6.45) is 0. The fraction of sp³-hybridized carbons (Fsp3) is 0. The smallest absolute Gasteiger partial charge is 0.124 e. The number of nitrogens with zero attached hydrogens (tertiary/aromatic N) is 2. The second kappa shape index (κ2) is 13.5. The Kier molecular flexibility index (Phi) is 7.80. The molecule has 3 aromatic heterocycles. The van der Waals surface area contributed by atoms with E-state index in [0.29, 0.717) is 0 Å². The van der Waals surface area contributed by atoms with Crippen molar-refractivity contribution < 1.29 is 0 Å². The van der Waals surface area contributed by atoms with Gasteiger partial charge in [0.1, 0.15) is 5.01 Å². The molecular weight excluding hydrogens is 761 g/mol. The summed E-state index contributed by atoms with van der Waals surface area (Å²) < 4.78 is 6.46. The van der Waals surface area contributed by atoms with Gasteiger partial charge in [-0.1, -0.05) is 133 Å². The molecule has 12 rings (SSSR count). The second-order valence-electron chi connectivity index (χ2n) is 14.7. The molecule has 0 aliphatic heterocycles. The summed E-state index contributed by atoms with van der Waals surface area (Å²) in [5.41, 5.74) is 10.5. The van der Waals surface area contributed by atoms with E-state index in [1.165, 1.54) is 83.6 Å². The summed E-state index contributed by atoms with van der Waals surface area (Å²) in [7, 11) is 0. The number of benzene rings is 9. The number of fused-ring (bicyclic) bond motifs is 9. The lowest BCUT2D eigenvalue weighted by molar-refractivity contribution is 1.29. The van der Waals surface area contributed by atoms with Gasteiger partial charge in [0.2, 0.25) is 0 Å². The zero-order valence-corrected chi connectivity index (χ0v) is 33.5. The van der Waals surface area contributed by atoms with Crippen molar-refractivity contribution in [3.63, 3.8) is 0 Å². The molecule has 5 heteroatoms. The molecule has 0 N–H and O–H groups in total. The van der Waals surface area contributed by atoms with Crippen LogP contribution in [0.1, 0.15) is 0 Å². The summed E-state index contributed by atoms with van der Waals surface area (Å²) in [6.45, 7) is 0. The lowest BCUT2D eigenvalue weighted by Crippen LogP contribution is -2.09. The Hall–Kier alpha value is -6.63. The average molecular weight is 793 g/mol. The standard InChI is InChI=1S/C53H32N2S3/c1-2-10-36(11-3-1)53-54-46-29-30-48-51(52(46)58-53)45-27-21-37(31-49(45)57-48)33-17-22-38(23-18-33)55(40-26-28-44-43-14-6-7-16-47(43)56-50(44)32-40)39-24-19-35(20-25-39)42-15-8-12-34-9-4-5-13-41(34)42/h1-32H. The van der Waals surface area contributed by atoms with E-state index >= 15 is 0 Å². The summed E-state index contributed by atoms with van der Waals surface area (Å²) >= 11 is 5.52. The Morgan fingerprint density at radius 2 is 1.00 bits per heavy atom. The van der Waals surface area contributed by atoms with Gasteiger partial charge in [-0.25, -0.2) is 4.98 Å². The second-order valence-corrected chi connectivity index (χ2v) is 17.9. The van der Waals surface area contributed by atoms with Gasteiger partial charge in [-0.3, -0.25) is 0 Å². The SMILES string of the molecule is c1ccc(-c2nc3ccc4sc5cc(-c6ccc(N(c7ccc(-c8cccc9ccccc89)cc7)c7ccc8c(c7)sc7ccccc78)cc6)ccc5c4c3s2)cc1. The maximum absolute atomic E-state index is 5.02. The first kappa shape index (κ1) is 33.5. The van der Waals surface area contributed by atoms with Crippen LogP contribution in [0.3, 0.4) is 0 Å². The number of hydrogen-bond acceptors (Lipinski definition) is 5. The molecule has 9 aromatic carbocycles. The molecule has 0 aliphatic carbocycles. The van der Waals surface area contributed by atoms with Crippen molar-refractivity contribution in [3.05, 3.63) is 194 Å². The fourth-order valence-corrected chi connectivity index (χ4v) is 12.0. The van der Waals surface area contributed by atoms with E-state index in [-0.39, 0.29) is 0 Å². The van der Waals surface area contributed by atoms with Crippen molar-refractivity contribution in [1.82, 2.24) is 4.98 Å². The van der Waals surface area contributed by atoms with E-state index in [0.717, 1.165) is 27.6 Å². The average Bonchev–Trinajstić information content (AvgIpc) is 4.00. The summed E-state index contributed by atoms with van der Waals surface area (Å²) in [5.74, 6) is 0. The molecule has 0 fully saturated rings. The van der Waals surface area contributed by atoms with E-state index in [1.54, 1.807) is 11.3 Å². The molecule has 0 amide bonds. The summed E-state index contributed by atoms with van der Waals surface area (Å²) in [4.78, 5) is 7.41. The lowest BCUT2D eigenvalue weighted by Gasteiger charge is -2.26. The molecule has 0 radical (unpaired) electrons. The molecule has 0 saturated heterocycles. The summed E-state index contributed by atoms with van der Waals surface area (Å²) in [6, 6.07) is 70.8. The van der Waals surface area contributed by atoms with E-state index in [4.69, 9.17) is 4.98 Å². The van der Waals surface area contributed by atoms with E-state index in [1.807, 2.05) is 22.7 Å². The van der Waals surface area contributed by atoms with Crippen LogP contribution in [0.15, 0.2) is 194 Å². The molecule has 2 nitrogen and oxygen atoms in total.